The molecule has 0 N–H and O–H groups in total. The monoisotopic (exact) mass is 417 g/mol. The Bertz CT molecular complexity index is 845. The number of halogens is 2. The van der Waals surface area contributed by atoms with Gasteiger partial charge in [0, 0.05) is 36.8 Å². The smallest absolute Gasteiger partial charge is 0.256 e. The lowest BCUT2D eigenvalue weighted by Crippen LogP contribution is -2.49. The molecule has 136 valence electrons. The SMILES string of the molecule is Cc1cnc(N2CCN(C(=O)c3ccc(Br)cc3F)CC2)c(C2CC2)c1. The summed E-state index contributed by atoms with van der Waals surface area (Å²) in [5.74, 6) is 0.964. The summed E-state index contributed by atoms with van der Waals surface area (Å²) >= 11 is 3.23. The lowest BCUT2D eigenvalue weighted by Gasteiger charge is -2.36. The van der Waals surface area contributed by atoms with Crippen LogP contribution in [0.4, 0.5) is 10.2 Å². The molecule has 2 fully saturated rings. The molecule has 0 bridgehead atoms. The molecule has 2 aromatic rings. The molecule has 0 radical (unpaired) electrons. The second-order valence-electron chi connectivity index (χ2n) is 7.10. The van der Waals surface area contributed by atoms with Crippen LogP contribution in [0.2, 0.25) is 0 Å². The summed E-state index contributed by atoms with van der Waals surface area (Å²) < 4.78 is 14.7. The number of amides is 1. The van der Waals surface area contributed by atoms with E-state index in [1.165, 1.54) is 30.0 Å². The first-order valence-electron chi connectivity index (χ1n) is 8.99. The van der Waals surface area contributed by atoms with Gasteiger partial charge < -0.3 is 9.80 Å². The quantitative estimate of drug-likeness (QED) is 0.752. The van der Waals surface area contributed by atoms with Crippen LogP contribution in [0.5, 0.6) is 0 Å². The molecule has 1 saturated heterocycles. The highest BCUT2D eigenvalue weighted by molar-refractivity contribution is 9.10. The standard InChI is InChI=1S/C20H21BrFN3O/c1-13-10-17(14-2-3-14)19(23-12-13)24-6-8-25(9-7-24)20(26)16-5-4-15(21)11-18(16)22/h4-5,10-12,14H,2-3,6-9H2,1H3. The van der Waals surface area contributed by atoms with Gasteiger partial charge in [-0.1, -0.05) is 22.0 Å². The highest BCUT2D eigenvalue weighted by atomic mass is 79.9. The van der Waals surface area contributed by atoms with Crippen LogP contribution in [-0.2, 0) is 0 Å². The number of carbonyl (C=O) groups is 1. The minimum Gasteiger partial charge on any atom is -0.353 e. The van der Waals surface area contributed by atoms with Crippen LogP contribution in [0, 0.1) is 12.7 Å². The maximum atomic E-state index is 14.1. The fraction of sp³-hybridized carbons (Fsp3) is 0.400. The molecule has 4 rings (SSSR count). The first-order chi connectivity index (χ1) is 12.5. The Labute approximate surface area is 161 Å². The Hall–Kier alpha value is -1.95. The number of pyridine rings is 1. The molecule has 0 spiro atoms. The number of aromatic nitrogens is 1. The van der Waals surface area contributed by atoms with E-state index in [9.17, 15) is 9.18 Å². The molecule has 2 heterocycles. The molecule has 1 saturated carbocycles. The molecule has 0 unspecified atom stereocenters. The third kappa shape index (κ3) is 3.47. The van der Waals surface area contributed by atoms with E-state index in [4.69, 9.17) is 0 Å². The maximum absolute atomic E-state index is 14.1. The van der Waals surface area contributed by atoms with Gasteiger partial charge >= 0.3 is 0 Å². The number of benzene rings is 1. The van der Waals surface area contributed by atoms with Crippen LogP contribution < -0.4 is 4.90 Å². The van der Waals surface area contributed by atoms with Crippen molar-refractivity contribution in [2.75, 3.05) is 31.1 Å². The summed E-state index contributed by atoms with van der Waals surface area (Å²) in [5, 5.41) is 0. The Kier molecular flexibility index (Phi) is 4.69. The summed E-state index contributed by atoms with van der Waals surface area (Å²) in [4.78, 5) is 21.3. The Morgan fingerprint density at radius 3 is 2.58 bits per heavy atom. The number of anilines is 1. The molecule has 2 aliphatic rings. The van der Waals surface area contributed by atoms with Crippen LogP contribution in [0.25, 0.3) is 0 Å². The van der Waals surface area contributed by atoms with Crippen molar-refractivity contribution in [3.05, 3.63) is 57.4 Å². The van der Waals surface area contributed by atoms with E-state index in [1.54, 1.807) is 17.0 Å². The topological polar surface area (TPSA) is 36.4 Å². The molecule has 6 heteroatoms. The zero-order chi connectivity index (χ0) is 18.3. The van der Waals surface area contributed by atoms with E-state index < -0.39 is 5.82 Å². The molecule has 1 aromatic carbocycles. The summed E-state index contributed by atoms with van der Waals surface area (Å²) in [6.45, 7) is 4.67. The Morgan fingerprint density at radius 1 is 1.19 bits per heavy atom. The van der Waals surface area contributed by atoms with Crippen LogP contribution in [0.3, 0.4) is 0 Å². The number of rotatable bonds is 3. The first kappa shape index (κ1) is 17.5. The first-order valence-corrected chi connectivity index (χ1v) is 9.78. The zero-order valence-electron chi connectivity index (χ0n) is 14.7. The van der Waals surface area contributed by atoms with Crippen LogP contribution in [-0.4, -0.2) is 42.0 Å². The molecular weight excluding hydrogens is 397 g/mol. The van der Waals surface area contributed by atoms with Gasteiger partial charge in [-0.3, -0.25) is 4.79 Å². The lowest BCUT2D eigenvalue weighted by atomic mass is 10.1. The van der Waals surface area contributed by atoms with Gasteiger partial charge in [-0.2, -0.15) is 0 Å². The zero-order valence-corrected chi connectivity index (χ0v) is 16.3. The highest BCUT2D eigenvalue weighted by Gasteiger charge is 2.31. The maximum Gasteiger partial charge on any atom is 0.256 e. The number of carbonyl (C=O) groups excluding carboxylic acids is 1. The lowest BCUT2D eigenvalue weighted by molar-refractivity contribution is 0.0741. The molecule has 26 heavy (non-hydrogen) atoms. The Balaban J connectivity index is 1.47. The minimum atomic E-state index is -0.483. The largest absolute Gasteiger partial charge is 0.353 e. The molecule has 0 atom stereocenters. The molecule has 1 amide bonds. The van der Waals surface area contributed by atoms with Gasteiger partial charge in [-0.15, -0.1) is 0 Å². The third-order valence-electron chi connectivity index (χ3n) is 5.08. The summed E-state index contributed by atoms with van der Waals surface area (Å²) in [7, 11) is 0. The second kappa shape index (κ2) is 6.99. The summed E-state index contributed by atoms with van der Waals surface area (Å²) in [6, 6.07) is 6.82. The predicted molar refractivity (Wildman–Crippen MR) is 103 cm³/mol. The molecule has 1 aliphatic heterocycles. The minimum absolute atomic E-state index is 0.133. The fourth-order valence-corrected chi connectivity index (χ4v) is 3.83. The number of piperazine rings is 1. The normalized spacial score (nSPS) is 17.5. The van der Waals surface area contributed by atoms with Crippen molar-refractivity contribution < 1.29 is 9.18 Å². The van der Waals surface area contributed by atoms with E-state index in [-0.39, 0.29) is 11.5 Å². The van der Waals surface area contributed by atoms with Crippen LogP contribution >= 0.6 is 15.9 Å². The van der Waals surface area contributed by atoms with E-state index in [0.717, 1.165) is 18.9 Å². The average Bonchev–Trinajstić information content (AvgIpc) is 3.46. The van der Waals surface area contributed by atoms with E-state index in [1.807, 2.05) is 6.20 Å². The Morgan fingerprint density at radius 2 is 1.92 bits per heavy atom. The molecule has 1 aromatic heterocycles. The van der Waals surface area contributed by atoms with Crippen molar-refractivity contribution in [2.24, 2.45) is 0 Å². The van der Waals surface area contributed by atoms with Crippen molar-refractivity contribution in [1.82, 2.24) is 9.88 Å². The van der Waals surface area contributed by atoms with Gasteiger partial charge in [0.05, 0.1) is 5.56 Å². The second-order valence-corrected chi connectivity index (χ2v) is 8.02. The van der Waals surface area contributed by atoms with Gasteiger partial charge in [0.25, 0.3) is 5.91 Å². The summed E-state index contributed by atoms with van der Waals surface area (Å²) in [6.07, 6.45) is 4.38. The molecule has 1 aliphatic carbocycles. The number of aryl methyl sites for hydroxylation is 1. The van der Waals surface area contributed by atoms with Crippen molar-refractivity contribution in [1.29, 1.82) is 0 Å². The number of nitrogens with zero attached hydrogens (tertiary/aromatic N) is 3. The number of hydrogen-bond acceptors (Lipinski definition) is 3. The van der Waals surface area contributed by atoms with E-state index in [2.05, 4.69) is 38.8 Å². The fourth-order valence-electron chi connectivity index (χ4n) is 3.50. The van der Waals surface area contributed by atoms with Gasteiger partial charge in [0.1, 0.15) is 11.6 Å². The van der Waals surface area contributed by atoms with Crippen LogP contribution in [0.1, 0.15) is 40.2 Å². The van der Waals surface area contributed by atoms with E-state index in [0.29, 0.717) is 23.5 Å². The highest BCUT2D eigenvalue weighted by Crippen LogP contribution is 2.44. The third-order valence-corrected chi connectivity index (χ3v) is 5.57. The average molecular weight is 418 g/mol. The summed E-state index contributed by atoms with van der Waals surface area (Å²) in [5.41, 5.74) is 2.66. The molecule has 4 nitrogen and oxygen atoms in total. The predicted octanol–water partition coefficient (Wildman–Crippen LogP) is 4.13. The van der Waals surface area contributed by atoms with Crippen molar-refractivity contribution in [3.63, 3.8) is 0 Å². The van der Waals surface area contributed by atoms with Gasteiger partial charge in [-0.25, -0.2) is 9.37 Å². The van der Waals surface area contributed by atoms with Gasteiger partial charge in [-0.05, 0) is 55.0 Å². The van der Waals surface area contributed by atoms with Gasteiger partial charge in [0.15, 0.2) is 0 Å². The molecular formula is C20H21BrFN3O. The van der Waals surface area contributed by atoms with Gasteiger partial charge in [0.2, 0.25) is 0 Å². The van der Waals surface area contributed by atoms with Crippen molar-refractivity contribution >= 4 is 27.7 Å². The van der Waals surface area contributed by atoms with Crippen molar-refractivity contribution in [2.45, 2.75) is 25.7 Å². The van der Waals surface area contributed by atoms with Crippen LogP contribution in [0.15, 0.2) is 34.9 Å². The van der Waals surface area contributed by atoms with E-state index >= 15 is 0 Å². The van der Waals surface area contributed by atoms with Crippen molar-refractivity contribution in [3.8, 4) is 0 Å². The number of hydrogen-bond donors (Lipinski definition) is 0.